The summed E-state index contributed by atoms with van der Waals surface area (Å²) in [6, 6.07) is 0. The van der Waals surface area contributed by atoms with Crippen molar-refractivity contribution in [3.05, 3.63) is 17.5 Å². The van der Waals surface area contributed by atoms with Gasteiger partial charge >= 0.3 is 0 Å². The van der Waals surface area contributed by atoms with Gasteiger partial charge in [0.05, 0.1) is 6.20 Å². The molecule has 1 aromatic heterocycles. The number of fused-ring (bicyclic) bond motifs is 2. The molecule has 178 valence electrons. The van der Waals surface area contributed by atoms with Gasteiger partial charge in [-0.15, -0.1) is 0 Å². The first-order valence-electron chi connectivity index (χ1n) is 13.1. The van der Waals surface area contributed by atoms with E-state index in [1.165, 1.54) is 38.4 Å². The van der Waals surface area contributed by atoms with Crippen LogP contribution in [0.25, 0.3) is 0 Å². The maximum absolute atomic E-state index is 12.6. The number of carbonyl (C=O) groups is 2. The van der Waals surface area contributed by atoms with Gasteiger partial charge in [0.15, 0.2) is 0 Å². The van der Waals surface area contributed by atoms with Gasteiger partial charge in [0, 0.05) is 23.8 Å². The van der Waals surface area contributed by atoms with Crippen molar-refractivity contribution in [2.24, 2.45) is 52.3 Å². The van der Waals surface area contributed by atoms with E-state index in [0.29, 0.717) is 18.3 Å². The predicted octanol–water partition coefficient (Wildman–Crippen LogP) is 6.31. The number of nitrogens with zero attached hydrogens (tertiary/aromatic N) is 1. The Morgan fingerprint density at radius 3 is 2.50 bits per heavy atom. The molecule has 0 radical (unpaired) electrons. The Balaban J connectivity index is 1.55. The van der Waals surface area contributed by atoms with Crippen LogP contribution in [0.3, 0.4) is 0 Å². The topological polar surface area (TPSA) is 60.2 Å². The lowest BCUT2D eigenvalue weighted by Crippen LogP contribution is -2.52. The van der Waals surface area contributed by atoms with Crippen LogP contribution in [0.2, 0.25) is 0 Å². The predicted molar refractivity (Wildman–Crippen MR) is 126 cm³/mol. The van der Waals surface area contributed by atoms with Crippen LogP contribution in [-0.4, -0.2) is 17.7 Å². The molecule has 1 heterocycles. The van der Waals surface area contributed by atoms with Crippen LogP contribution in [-0.2, 0) is 22.4 Å². The van der Waals surface area contributed by atoms with Gasteiger partial charge in [-0.05, 0) is 72.5 Å². The lowest BCUT2D eigenvalue weighted by molar-refractivity contribution is -0.133. The van der Waals surface area contributed by atoms with Crippen molar-refractivity contribution in [3.8, 4) is 0 Å². The molecule has 0 aromatic carbocycles. The highest BCUT2D eigenvalue weighted by molar-refractivity contribution is 5.60. The highest BCUT2D eigenvalue weighted by Crippen LogP contribution is 2.64. The largest absolute Gasteiger partial charge is 0.361 e. The molecule has 0 spiro atoms. The molecule has 0 amide bonds. The molecule has 1 unspecified atom stereocenters. The third-order valence-electron chi connectivity index (χ3n) is 10.3. The summed E-state index contributed by atoms with van der Waals surface area (Å²) >= 11 is 0. The molecule has 1 aromatic rings. The minimum atomic E-state index is -0.200. The van der Waals surface area contributed by atoms with Crippen LogP contribution < -0.4 is 0 Å². The molecule has 4 rings (SSSR count). The first-order chi connectivity index (χ1) is 15.2. The Hall–Kier alpha value is -1.45. The van der Waals surface area contributed by atoms with Crippen LogP contribution in [0, 0.1) is 52.3 Å². The quantitative estimate of drug-likeness (QED) is 0.443. The summed E-state index contributed by atoms with van der Waals surface area (Å²) in [5.74, 6) is 3.72. The fourth-order valence-corrected chi connectivity index (χ4v) is 8.36. The van der Waals surface area contributed by atoms with Crippen molar-refractivity contribution in [3.63, 3.8) is 0 Å². The van der Waals surface area contributed by atoms with E-state index in [0.717, 1.165) is 48.7 Å². The van der Waals surface area contributed by atoms with Gasteiger partial charge in [-0.2, -0.15) is 0 Å². The SMILES string of the molecule is CC(C)CCCC(C)[C@H]1CC[C@H]2[C@H](C=O)[C@@H]([C@@]3(C)Cc4cnoc4C[C@@H]3C=O)CC[C@]12C. The monoisotopic (exact) mass is 441 g/mol. The van der Waals surface area contributed by atoms with E-state index in [9.17, 15) is 9.59 Å². The zero-order chi connectivity index (χ0) is 23.1. The first kappa shape index (κ1) is 23.7. The molecule has 0 aliphatic heterocycles. The Morgan fingerprint density at radius 2 is 1.81 bits per heavy atom. The average molecular weight is 442 g/mol. The van der Waals surface area contributed by atoms with Crippen molar-refractivity contribution >= 4 is 12.6 Å². The number of aldehydes is 2. The second-order valence-corrected chi connectivity index (χ2v) is 12.4. The van der Waals surface area contributed by atoms with E-state index in [-0.39, 0.29) is 28.6 Å². The minimum absolute atomic E-state index is 0.0514. The molecular formula is C28H43NO3. The second-order valence-electron chi connectivity index (χ2n) is 12.4. The number of hydrogen-bond acceptors (Lipinski definition) is 4. The van der Waals surface area contributed by atoms with Gasteiger partial charge in [-0.25, -0.2) is 0 Å². The summed E-state index contributed by atoms with van der Waals surface area (Å²) in [6.45, 7) is 11.8. The van der Waals surface area contributed by atoms with Crippen molar-refractivity contribution in [1.82, 2.24) is 5.16 Å². The third kappa shape index (κ3) is 3.90. The highest BCUT2D eigenvalue weighted by Gasteiger charge is 2.59. The molecular weight excluding hydrogens is 398 g/mol. The normalized spacial score (nSPS) is 40.0. The zero-order valence-electron chi connectivity index (χ0n) is 20.8. The van der Waals surface area contributed by atoms with Gasteiger partial charge in [0.25, 0.3) is 0 Å². The van der Waals surface area contributed by atoms with Gasteiger partial charge in [0.1, 0.15) is 18.3 Å². The van der Waals surface area contributed by atoms with Crippen molar-refractivity contribution < 1.29 is 14.1 Å². The van der Waals surface area contributed by atoms with Crippen molar-refractivity contribution in [2.45, 2.75) is 92.4 Å². The molecule has 2 fully saturated rings. The number of aromatic nitrogens is 1. The summed E-state index contributed by atoms with van der Waals surface area (Å²) in [6.07, 6.45) is 14.2. The van der Waals surface area contributed by atoms with E-state index in [2.05, 4.69) is 39.8 Å². The maximum Gasteiger partial charge on any atom is 0.140 e. The molecule has 2 saturated carbocycles. The molecule has 3 aliphatic carbocycles. The van der Waals surface area contributed by atoms with E-state index in [4.69, 9.17) is 4.52 Å². The fourth-order valence-electron chi connectivity index (χ4n) is 8.36. The Labute approximate surface area is 194 Å². The van der Waals surface area contributed by atoms with Gasteiger partial charge in [0.2, 0.25) is 0 Å². The Morgan fingerprint density at radius 1 is 1.06 bits per heavy atom. The number of carbonyl (C=O) groups excluding carboxylic acids is 2. The van der Waals surface area contributed by atoms with Gasteiger partial charge in [-0.3, -0.25) is 0 Å². The van der Waals surface area contributed by atoms with Crippen LogP contribution in [0.1, 0.15) is 90.9 Å². The second kappa shape index (κ2) is 9.06. The standard InChI is InChI=1S/C28H43NO3/c1-18(2)7-6-8-19(3)23-9-10-24-22(17-31)25(11-12-27(23,24)4)28(5)14-20-15-29-32-26(20)13-21(28)16-30/h15-19,21-25H,6-14H2,1-5H3/t19?,21-,22+,23-,24+,25+,27-,28+/m1/s1. The van der Waals surface area contributed by atoms with E-state index < -0.39 is 0 Å². The summed E-state index contributed by atoms with van der Waals surface area (Å²) in [4.78, 5) is 24.8. The van der Waals surface area contributed by atoms with E-state index in [1.54, 1.807) is 0 Å². The van der Waals surface area contributed by atoms with Gasteiger partial charge in [-0.1, -0.05) is 59.0 Å². The average Bonchev–Trinajstić information content (AvgIpc) is 3.34. The molecule has 0 saturated heterocycles. The number of rotatable bonds is 8. The Kier molecular flexibility index (Phi) is 6.71. The molecule has 4 nitrogen and oxygen atoms in total. The zero-order valence-corrected chi connectivity index (χ0v) is 20.8. The molecule has 4 heteroatoms. The third-order valence-corrected chi connectivity index (χ3v) is 10.3. The van der Waals surface area contributed by atoms with Crippen LogP contribution in [0.5, 0.6) is 0 Å². The summed E-state index contributed by atoms with van der Waals surface area (Å²) < 4.78 is 5.42. The van der Waals surface area contributed by atoms with Crippen LogP contribution in [0.15, 0.2) is 10.7 Å². The highest BCUT2D eigenvalue weighted by atomic mass is 16.5. The van der Waals surface area contributed by atoms with Crippen LogP contribution >= 0.6 is 0 Å². The lowest BCUT2D eigenvalue weighted by Gasteiger charge is -2.55. The molecule has 0 bridgehead atoms. The molecule has 3 aliphatic rings. The van der Waals surface area contributed by atoms with Crippen molar-refractivity contribution in [1.29, 1.82) is 0 Å². The molecule has 0 N–H and O–H groups in total. The maximum atomic E-state index is 12.6. The van der Waals surface area contributed by atoms with E-state index >= 15 is 0 Å². The summed E-state index contributed by atoms with van der Waals surface area (Å²) in [5, 5.41) is 3.99. The molecule has 8 atom stereocenters. The van der Waals surface area contributed by atoms with E-state index in [1.807, 2.05) is 6.20 Å². The summed E-state index contributed by atoms with van der Waals surface area (Å²) in [5.41, 5.74) is 1.18. The number of hydrogen-bond donors (Lipinski definition) is 0. The lowest BCUT2D eigenvalue weighted by atomic mass is 9.48. The Bertz CT molecular complexity index is 815. The van der Waals surface area contributed by atoms with Gasteiger partial charge < -0.3 is 14.1 Å². The van der Waals surface area contributed by atoms with Crippen molar-refractivity contribution in [2.75, 3.05) is 0 Å². The van der Waals surface area contributed by atoms with Crippen LogP contribution in [0.4, 0.5) is 0 Å². The summed E-state index contributed by atoms with van der Waals surface area (Å²) in [7, 11) is 0. The molecule has 32 heavy (non-hydrogen) atoms. The fraction of sp³-hybridized carbons (Fsp3) is 0.821. The first-order valence-corrected chi connectivity index (χ1v) is 13.1. The minimum Gasteiger partial charge on any atom is -0.361 e. The smallest absolute Gasteiger partial charge is 0.140 e.